The maximum Gasteiger partial charge on any atom is 0.271 e. The first-order valence-electron chi connectivity index (χ1n) is 6.35. The molecule has 5 nitrogen and oxygen atoms in total. The zero-order chi connectivity index (χ0) is 15.1. The first kappa shape index (κ1) is 14.6. The summed E-state index contributed by atoms with van der Waals surface area (Å²) >= 11 is 0. The molecule has 0 atom stereocenters. The van der Waals surface area contributed by atoms with Gasteiger partial charge in [-0.25, -0.2) is 5.43 Å². The molecule has 108 valence electrons. The Morgan fingerprint density at radius 3 is 2.43 bits per heavy atom. The second-order valence-electron chi connectivity index (χ2n) is 4.17. The Morgan fingerprint density at radius 1 is 1.05 bits per heavy atom. The van der Waals surface area contributed by atoms with E-state index in [9.17, 15) is 4.79 Å². The molecule has 21 heavy (non-hydrogen) atoms. The molecule has 0 bridgehead atoms. The van der Waals surface area contributed by atoms with Crippen molar-refractivity contribution in [2.24, 2.45) is 5.10 Å². The lowest BCUT2D eigenvalue weighted by molar-refractivity contribution is 0.0955. The summed E-state index contributed by atoms with van der Waals surface area (Å²) in [7, 11) is 3.16. The van der Waals surface area contributed by atoms with Gasteiger partial charge in [-0.1, -0.05) is 12.1 Å². The van der Waals surface area contributed by atoms with Gasteiger partial charge in [0.05, 0.1) is 20.4 Å². The van der Waals surface area contributed by atoms with Crippen molar-refractivity contribution in [1.82, 2.24) is 5.43 Å². The maximum atomic E-state index is 11.9. The summed E-state index contributed by atoms with van der Waals surface area (Å²) < 4.78 is 10.2. The SMILES string of the molecule is COc1ccc(C(=O)N/N=C\c2ccccc2OC)cc1. The summed E-state index contributed by atoms with van der Waals surface area (Å²) in [5, 5.41) is 3.93. The van der Waals surface area contributed by atoms with Crippen molar-refractivity contribution in [2.75, 3.05) is 14.2 Å². The molecule has 0 spiro atoms. The highest BCUT2D eigenvalue weighted by atomic mass is 16.5. The Morgan fingerprint density at radius 2 is 1.76 bits per heavy atom. The largest absolute Gasteiger partial charge is 0.497 e. The summed E-state index contributed by atoms with van der Waals surface area (Å²) in [6.45, 7) is 0. The number of hydrogen-bond donors (Lipinski definition) is 1. The first-order valence-corrected chi connectivity index (χ1v) is 6.35. The van der Waals surface area contributed by atoms with Crippen LogP contribution in [0, 0.1) is 0 Å². The van der Waals surface area contributed by atoms with Crippen LogP contribution in [-0.2, 0) is 0 Å². The standard InChI is InChI=1S/C16H16N2O3/c1-20-14-9-7-12(8-10-14)16(19)18-17-11-13-5-3-4-6-15(13)21-2/h3-11H,1-2H3,(H,18,19)/b17-11-. The summed E-state index contributed by atoms with van der Waals surface area (Å²) in [4.78, 5) is 11.9. The lowest BCUT2D eigenvalue weighted by atomic mass is 10.2. The van der Waals surface area contributed by atoms with Gasteiger partial charge in [-0.05, 0) is 36.4 Å². The third-order valence-corrected chi connectivity index (χ3v) is 2.86. The molecule has 1 amide bonds. The topological polar surface area (TPSA) is 59.9 Å². The minimum atomic E-state index is -0.288. The predicted molar refractivity (Wildman–Crippen MR) is 81.0 cm³/mol. The number of ether oxygens (including phenoxy) is 2. The molecular formula is C16H16N2O3. The summed E-state index contributed by atoms with van der Waals surface area (Å²) in [5.74, 6) is 1.10. The monoisotopic (exact) mass is 284 g/mol. The molecule has 1 N–H and O–H groups in total. The van der Waals surface area contributed by atoms with E-state index in [2.05, 4.69) is 10.5 Å². The van der Waals surface area contributed by atoms with Crippen LogP contribution >= 0.6 is 0 Å². The van der Waals surface area contributed by atoms with Crippen molar-refractivity contribution in [3.63, 3.8) is 0 Å². The number of rotatable bonds is 5. The summed E-state index contributed by atoms with van der Waals surface area (Å²) in [6, 6.07) is 14.2. The number of hydrazone groups is 1. The van der Waals surface area contributed by atoms with Gasteiger partial charge in [-0.3, -0.25) is 4.79 Å². The fraction of sp³-hybridized carbons (Fsp3) is 0.125. The average molecular weight is 284 g/mol. The zero-order valence-corrected chi connectivity index (χ0v) is 11.9. The number of para-hydroxylation sites is 1. The molecular weight excluding hydrogens is 268 g/mol. The molecule has 0 saturated carbocycles. The number of nitrogens with one attached hydrogen (secondary N) is 1. The zero-order valence-electron chi connectivity index (χ0n) is 11.9. The van der Waals surface area contributed by atoms with Crippen LogP contribution in [0.5, 0.6) is 11.5 Å². The Labute approximate surface area is 123 Å². The van der Waals surface area contributed by atoms with Crippen LogP contribution in [0.2, 0.25) is 0 Å². The number of carbonyl (C=O) groups is 1. The van der Waals surface area contributed by atoms with E-state index in [1.165, 1.54) is 0 Å². The summed E-state index contributed by atoms with van der Waals surface area (Å²) in [5.41, 5.74) is 3.76. The lowest BCUT2D eigenvalue weighted by Crippen LogP contribution is -2.17. The fourth-order valence-electron chi connectivity index (χ4n) is 1.74. The van der Waals surface area contributed by atoms with E-state index in [1.54, 1.807) is 44.7 Å². The van der Waals surface area contributed by atoms with Gasteiger partial charge < -0.3 is 9.47 Å². The predicted octanol–water partition coefficient (Wildman–Crippen LogP) is 2.47. The molecule has 5 heteroatoms. The van der Waals surface area contributed by atoms with Crippen LogP contribution in [0.25, 0.3) is 0 Å². The number of methoxy groups -OCH3 is 2. The number of hydrogen-bond acceptors (Lipinski definition) is 4. The molecule has 0 unspecified atom stereocenters. The van der Waals surface area contributed by atoms with Gasteiger partial charge >= 0.3 is 0 Å². The van der Waals surface area contributed by atoms with Crippen LogP contribution in [0.15, 0.2) is 53.6 Å². The number of amides is 1. The highest BCUT2D eigenvalue weighted by Gasteiger charge is 2.04. The van der Waals surface area contributed by atoms with Gasteiger partial charge in [0.2, 0.25) is 0 Å². The molecule has 2 aromatic carbocycles. The minimum Gasteiger partial charge on any atom is -0.497 e. The molecule has 2 rings (SSSR count). The molecule has 0 aromatic heterocycles. The van der Waals surface area contributed by atoms with Gasteiger partial charge in [-0.15, -0.1) is 0 Å². The third-order valence-electron chi connectivity index (χ3n) is 2.86. The van der Waals surface area contributed by atoms with Gasteiger partial charge in [0.1, 0.15) is 11.5 Å². The Hall–Kier alpha value is -2.82. The minimum absolute atomic E-state index is 0.288. The molecule has 0 aliphatic carbocycles. The average Bonchev–Trinajstić information content (AvgIpc) is 2.55. The molecule has 0 heterocycles. The lowest BCUT2D eigenvalue weighted by Gasteiger charge is -2.04. The summed E-state index contributed by atoms with van der Waals surface area (Å²) in [6.07, 6.45) is 1.54. The Balaban J connectivity index is 2.01. The van der Waals surface area contributed by atoms with E-state index in [-0.39, 0.29) is 5.91 Å². The fourth-order valence-corrected chi connectivity index (χ4v) is 1.74. The quantitative estimate of drug-likeness (QED) is 0.677. The number of carbonyl (C=O) groups excluding carboxylic acids is 1. The van der Waals surface area contributed by atoms with Gasteiger partial charge in [0.25, 0.3) is 5.91 Å². The van der Waals surface area contributed by atoms with Gasteiger partial charge in [0, 0.05) is 11.1 Å². The number of benzene rings is 2. The third kappa shape index (κ3) is 3.82. The van der Waals surface area contributed by atoms with Gasteiger partial charge in [0.15, 0.2) is 0 Å². The molecule has 2 aromatic rings. The van der Waals surface area contributed by atoms with Crippen LogP contribution < -0.4 is 14.9 Å². The molecule has 0 saturated heterocycles. The molecule has 0 aliphatic rings. The van der Waals surface area contributed by atoms with Crippen molar-refractivity contribution in [3.05, 3.63) is 59.7 Å². The van der Waals surface area contributed by atoms with Crippen molar-refractivity contribution in [3.8, 4) is 11.5 Å². The van der Waals surface area contributed by atoms with E-state index < -0.39 is 0 Å². The second-order valence-corrected chi connectivity index (χ2v) is 4.17. The normalized spacial score (nSPS) is 10.4. The van der Waals surface area contributed by atoms with Crippen LogP contribution in [0.4, 0.5) is 0 Å². The van der Waals surface area contributed by atoms with Crippen molar-refractivity contribution >= 4 is 12.1 Å². The van der Waals surface area contributed by atoms with E-state index in [1.807, 2.05) is 24.3 Å². The van der Waals surface area contributed by atoms with E-state index in [4.69, 9.17) is 9.47 Å². The second kappa shape index (κ2) is 7.09. The van der Waals surface area contributed by atoms with E-state index in [0.29, 0.717) is 17.1 Å². The Kier molecular flexibility index (Phi) is 4.93. The van der Waals surface area contributed by atoms with Crippen molar-refractivity contribution < 1.29 is 14.3 Å². The van der Waals surface area contributed by atoms with Crippen molar-refractivity contribution in [1.29, 1.82) is 0 Å². The first-order chi connectivity index (χ1) is 10.2. The molecule has 0 fully saturated rings. The number of nitrogens with zero attached hydrogens (tertiary/aromatic N) is 1. The van der Waals surface area contributed by atoms with Crippen LogP contribution in [-0.4, -0.2) is 26.3 Å². The Bertz CT molecular complexity index is 636. The van der Waals surface area contributed by atoms with E-state index >= 15 is 0 Å². The highest BCUT2D eigenvalue weighted by molar-refractivity contribution is 5.95. The van der Waals surface area contributed by atoms with Gasteiger partial charge in [-0.2, -0.15) is 5.10 Å². The maximum absolute atomic E-state index is 11.9. The smallest absolute Gasteiger partial charge is 0.271 e. The van der Waals surface area contributed by atoms with Crippen molar-refractivity contribution in [2.45, 2.75) is 0 Å². The highest BCUT2D eigenvalue weighted by Crippen LogP contribution is 2.14. The molecule has 0 aliphatic heterocycles. The molecule has 0 radical (unpaired) electrons. The van der Waals surface area contributed by atoms with E-state index in [0.717, 1.165) is 5.56 Å². The van der Waals surface area contributed by atoms with Crippen LogP contribution in [0.3, 0.4) is 0 Å². The van der Waals surface area contributed by atoms with Crippen LogP contribution in [0.1, 0.15) is 15.9 Å².